The number of phenols is 1. The summed E-state index contributed by atoms with van der Waals surface area (Å²) in [5.41, 5.74) is 1.01. The summed E-state index contributed by atoms with van der Waals surface area (Å²) in [4.78, 5) is 7.22. The molecule has 1 heterocycles. The van der Waals surface area contributed by atoms with Gasteiger partial charge in [0.2, 0.25) is 0 Å². The Morgan fingerprint density at radius 3 is 2.92 bits per heavy atom. The summed E-state index contributed by atoms with van der Waals surface area (Å²) < 4.78 is 0. The molecule has 24 heavy (non-hydrogen) atoms. The van der Waals surface area contributed by atoms with Gasteiger partial charge in [-0.2, -0.15) is 0 Å². The van der Waals surface area contributed by atoms with Gasteiger partial charge in [0.25, 0.3) is 0 Å². The molecule has 2 rings (SSSR count). The quantitative estimate of drug-likeness (QED) is 0.531. The van der Waals surface area contributed by atoms with E-state index in [4.69, 9.17) is 0 Å². The number of likely N-dealkylation sites (tertiary alicyclic amines) is 1. The lowest BCUT2D eigenvalue weighted by Crippen LogP contribution is -2.45. The van der Waals surface area contributed by atoms with Crippen molar-refractivity contribution in [2.45, 2.75) is 52.1 Å². The largest absolute Gasteiger partial charge is 0.508 e. The van der Waals surface area contributed by atoms with Crippen LogP contribution in [-0.4, -0.2) is 48.2 Å². The molecule has 0 aromatic heterocycles. The first-order valence-electron chi connectivity index (χ1n) is 9.27. The van der Waals surface area contributed by atoms with E-state index in [0.29, 0.717) is 6.54 Å². The van der Waals surface area contributed by atoms with E-state index >= 15 is 0 Å². The summed E-state index contributed by atoms with van der Waals surface area (Å²) in [5.74, 6) is 1.13. The second kappa shape index (κ2) is 10.2. The maximum atomic E-state index is 9.53. The Morgan fingerprint density at radius 2 is 2.17 bits per heavy atom. The molecule has 0 spiro atoms. The Kier molecular flexibility index (Phi) is 7.89. The van der Waals surface area contributed by atoms with Gasteiger partial charge < -0.3 is 15.7 Å². The third-order valence-electron chi connectivity index (χ3n) is 4.59. The first-order valence-corrected chi connectivity index (χ1v) is 9.27. The summed E-state index contributed by atoms with van der Waals surface area (Å²) >= 11 is 0. The van der Waals surface area contributed by atoms with E-state index in [9.17, 15) is 5.11 Å². The van der Waals surface area contributed by atoms with Crippen LogP contribution in [0.5, 0.6) is 5.75 Å². The molecule has 1 unspecified atom stereocenters. The topological polar surface area (TPSA) is 59.9 Å². The molecular weight excluding hydrogens is 300 g/mol. The van der Waals surface area contributed by atoms with Gasteiger partial charge in [-0.15, -0.1) is 0 Å². The maximum absolute atomic E-state index is 9.53. The lowest BCUT2D eigenvalue weighted by atomic mass is 10.0. The zero-order valence-corrected chi connectivity index (χ0v) is 15.1. The Bertz CT molecular complexity index is 518. The Labute approximate surface area is 146 Å². The van der Waals surface area contributed by atoms with Gasteiger partial charge >= 0.3 is 0 Å². The van der Waals surface area contributed by atoms with Crippen molar-refractivity contribution in [3.05, 3.63) is 29.8 Å². The Balaban J connectivity index is 1.82. The average molecular weight is 332 g/mol. The van der Waals surface area contributed by atoms with Crippen LogP contribution in [0.4, 0.5) is 0 Å². The summed E-state index contributed by atoms with van der Waals surface area (Å²) in [6.45, 7) is 8.95. The van der Waals surface area contributed by atoms with E-state index in [1.54, 1.807) is 12.1 Å². The van der Waals surface area contributed by atoms with E-state index in [2.05, 4.69) is 34.4 Å². The summed E-state index contributed by atoms with van der Waals surface area (Å²) in [5, 5.41) is 16.3. The highest BCUT2D eigenvalue weighted by Crippen LogP contribution is 2.18. The molecular formula is C19H32N4O. The molecule has 1 saturated heterocycles. The molecule has 1 aromatic carbocycles. The second-order valence-corrected chi connectivity index (χ2v) is 6.39. The highest BCUT2D eigenvalue weighted by molar-refractivity contribution is 5.79. The zero-order chi connectivity index (χ0) is 17.2. The minimum Gasteiger partial charge on any atom is -0.508 e. The fourth-order valence-corrected chi connectivity index (χ4v) is 3.30. The predicted octanol–water partition coefficient (Wildman–Crippen LogP) is 2.71. The zero-order valence-electron chi connectivity index (χ0n) is 15.1. The summed E-state index contributed by atoms with van der Waals surface area (Å²) in [6, 6.07) is 8.01. The molecule has 0 radical (unpaired) electrons. The minimum atomic E-state index is 0.288. The van der Waals surface area contributed by atoms with Crippen molar-refractivity contribution in [1.82, 2.24) is 15.5 Å². The van der Waals surface area contributed by atoms with Gasteiger partial charge in [-0.25, -0.2) is 4.99 Å². The van der Waals surface area contributed by atoms with Crippen molar-refractivity contribution < 1.29 is 5.11 Å². The van der Waals surface area contributed by atoms with Gasteiger partial charge in [-0.1, -0.05) is 25.5 Å². The molecule has 1 atom stereocenters. The van der Waals surface area contributed by atoms with Crippen LogP contribution in [0, 0.1) is 0 Å². The van der Waals surface area contributed by atoms with E-state index in [1.807, 2.05) is 12.1 Å². The van der Waals surface area contributed by atoms with E-state index in [-0.39, 0.29) is 5.75 Å². The minimum absolute atomic E-state index is 0.288. The molecule has 0 aliphatic carbocycles. The SMILES string of the molecule is CCNC(=NCc1cccc(O)c1)NCCN1CCCCC1CC. The van der Waals surface area contributed by atoms with E-state index < -0.39 is 0 Å². The molecule has 1 aliphatic heterocycles. The van der Waals surface area contributed by atoms with Crippen LogP contribution in [0.25, 0.3) is 0 Å². The third-order valence-corrected chi connectivity index (χ3v) is 4.59. The van der Waals surface area contributed by atoms with Crippen LogP contribution in [0.15, 0.2) is 29.3 Å². The molecule has 1 aliphatic rings. The smallest absolute Gasteiger partial charge is 0.191 e. The van der Waals surface area contributed by atoms with Crippen molar-refractivity contribution in [3.63, 3.8) is 0 Å². The standard InChI is InChI=1S/C19H32N4O/c1-3-17-9-5-6-12-23(17)13-11-21-19(20-4-2)22-15-16-8-7-10-18(24)14-16/h7-8,10,14,17,24H,3-6,9,11-13,15H2,1-2H3,(H2,20,21,22). The van der Waals surface area contributed by atoms with Crippen LogP contribution in [0.2, 0.25) is 0 Å². The van der Waals surface area contributed by atoms with Crippen molar-refractivity contribution in [2.75, 3.05) is 26.2 Å². The highest BCUT2D eigenvalue weighted by Gasteiger charge is 2.19. The third kappa shape index (κ3) is 6.04. The molecule has 0 amide bonds. The van der Waals surface area contributed by atoms with Gasteiger partial charge in [0.15, 0.2) is 5.96 Å². The predicted molar refractivity (Wildman–Crippen MR) is 100 cm³/mol. The van der Waals surface area contributed by atoms with Crippen LogP contribution in [0.1, 0.15) is 45.1 Å². The lowest BCUT2D eigenvalue weighted by Gasteiger charge is -2.35. The van der Waals surface area contributed by atoms with Crippen LogP contribution in [-0.2, 0) is 6.54 Å². The molecule has 1 fully saturated rings. The van der Waals surface area contributed by atoms with Crippen molar-refractivity contribution in [2.24, 2.45) is 4.99 Å². The number of piperidine rings is 1. The number of benzene rings is 1. The maximum Gasteiger partial charge on any atom is 0.191 e. The molecule has 134 valence electrons. The molecule has 5 nitrogen and oxygen atoms in total. The number of rotatable bonds is 7. The first kappa shape index (κ1) is 18.6. The van der Waals surface area contributed by atoms with Crippen LogP contribution < -0.4 is 10.6 Å². The van der Waals surface area contributed by atoms with E-state index in [0.717, 1.165) is 37.2 Å². The molecule has 1 aromatic rings. The number of hydrogen-bond donors (Lipinski definition) is 3. The van der Waals surface area contributed by atoms with Crippen LogP contribution >= 0.6 is 0 Å². The van der Waals surface area contributed by atoms with Gasteiger partial charge in [0.1, 0.15) is 5.75 Å². The van der Waals surface area contributed by atoms with Crippen LogP contribution in [0.3, 0.4) is 0 Å². The van der Waals surface area contributed by atoms with Gasteiger partial charge in [0.05, 0.1) is 6.54 Å². The number of aliphatic imine (C=N–C) groups is 1. The number of phenolic OH excluding ortho intramolecular Hbond substituents is 1. The number of guanidine groups is 1. The number of hydrogen-bond acceptors (Lipinski definition) is 3. The Hall–Kier alpha value is -1.75. The van der Waals surface area contributed by atoms with Crippen molar-refractivity contribution in [1.29, 1.82) is 0 Å². The van der Waals surface area contributed by atoms with E-state index in [1.165, 1.54) is 32.2 Å². The number of nitrogens with zero attached hydrogens (tertiary/aromatic N) is 2. The number of aromatic hydroxyl groups is 1. The second-order valence-electron chi connectivity index (χ2n) is 6.39. The molecule has 5 heteroatoms. The molecule has 3 N–H and O–H groups in total. The fraction of sp³-hybridized carbons (Fsp3) is 0.632. The number of nitrogens with one attached hydrogen (secondary N) is 2. The highest BCUT2D eigenvalue weighted by atomic mass is 16.3. The Morgan fingerprint density at radius 1 is 1.29 bits per heavy atom. The summed E-state index contributed by atoms with van der Waals surface area (Å²) in [7, 11) is 0. The van der Waals surface area contributed by atoms with Gasteiger partial charge in [-0.3, -0.25) is 4.90 Å². The normalized spacial score (nSPS) is 19.2. The fourth-order valence-electron chi connectivity index (χ4n) is 3.30. The lowest BCUT2D eigenvalue weighted by molar-refractivity contribution is 0.147. The van der Waals surface area contributed by atoms with Crippen molar-refractivity contribution in [3.8, 4) is 5.75 Å². The van der Waals surface area contributed by atoms with Crippen molar-refractivity contribution >= 4 is 5.96 Å². The van der Waals surface area contributed by atoms with Gasteiger partial charge in [-0.05, 0) is 50.4 Å². The summed E-state index contributed by atoms with van der Waals surface area (Å²) in [6.07, 6.45) is 5.27. The molecule has 0 bridgehead atoms. The monoisotopic (exact) mass is 332 g/mol. The van der Waals surface area contributed by atoms with Gasteiger partial charge in [0, 0.05) is 25.7 Å². The first-order chi connectivity index (χ1) is 11.7. The molecule has 0 saturated carbocycles. The average Bonchev–Trinajstić information content (AvgIpc) is 2.60.